The van der Waals surface area contributed by atoms with E-state index in [-0.39, 0.29) is 0 Å². The SMILES string of the molecule is CCCN(CC1CCC2CCCCC2N1)C1CC1. The van der Waals surface area contributed by atoms with Crippen LogP contribution in [0.25, 0.3) is 0 Å². The second-order valence-electron chi connectivity index (χ2n) is 6.82. The van der Waals surface area contributed by atoms with Crippen molar-refractivity contribution < 1.29 is 0 Å². The van der Waals surface area contributed by atoms with Crippen LogP contribution in [0.2, 0.25) is 0 Å². The normalized spacial score (nSPS) is 36.7. The summed E-state index contributed by atoms with van der Waals surface area (Å²) in [4.78, 5) is 2.76. The minimum Gasteiger partial charge on any atom is -0.310 e. The van der Waals surface area contributed by atoms with Gasteiger partial charge in [-0.2, -0.15) is 0 Å². The molecule has 1 heterocycles. The number of hydrogen-bond acceptors (Lipinski definition) is 2. The first-order valence-electron chi connectivity index (χ1n) is 8.37. The molecule has 104 valence electrons. The lowest BCUT2D eigenvalue weighted by Crippen LogP contribution is -2.53. The summed E-state index contributed by atoms with van der Waals surface area (Å²) >= 11 is 0. The molecule has 2 nitrogen and oxygen atoms in total. The van der Waals surface area contributed by atoms with E-state index >= 15 is 0 Å². The molecule has 3 aliphatic rings. The van der Waals surface area contributed by atoms with Crippen molar-refractivity contribution in [2.24, 2.45) is 5.92 Å². The van der Waals surface area contributed by atoms with Crippen LogP contribution in [-0.4, -0.2) is 36.1 Å². The lowest BCUT2D eigenvalue weighted by Gasteiger charge is -2.42. The van der Waals surface area contributed by atoms with Gasteiger partial charge in [-0.3, -0.25) is 4.90 Å². The van der Waals surface area contributed by atoms with Gasteiger partial charge in [-0.1, -0.05) is 19.8 Å². The van der Waals surface area contributed by atoms with Crippen molar-refractivity contribution >= 4 is 0 Å². The van der Waals surface area contributed by atoms with Crippen LogP contribution in [0, 0.1) is 5.92 Å². The Labute approximate surface area is 113 Å². The number of hydrogen-bond donors (Lipinski definition) is 1. The molecule has 1 aliphatic heterocycles. The summed E-state index contributed by atoms with van der Waals surface area (Å²) in [5.41, 5.74) is 0. The summed E-state index contributed by atoms with van der Waals surface area (Å²) in [5, 5.41) is 3.99. The van der Waals surface area contributed by atoms with Crippen molar-refractivity contribution in [2.75, 3.05) is 13.1 Å². The van der Waals surface area contributed by atoms with Crippen LogP contribution in [0.1, 0.15) is 64.7 Å². The molecule has 0 bridgehead atoms. The molecule has 2 aliphatic carbocycles. The minimum absolute atomic E-state index is 0.788. The maximum atomic E-state index is 3.99. The Hall–Kier alpha value is -0.0800. The van der Waals surface area contributed by atoms with E-state index in [1.54, 1.807) is 0 Å². The van der Waals surface area contributed by atoms with Crippen LogP contribution in [0.5, 0.6) is 0 Å². The maximum Gasteiger partial charge on any atom is 0.0197 e. The van der Waals surface area contributed by atoms with Crippen LogP contribution in [-0.2, 0) is 0 Å². The third kappa shape index (κ3) is 3.08. The van der Waals surface area contributed by atoms with Crippen molar-refractivity contribution in [1.29, 1.82) is 0 Å². The Balaban J connectivity index is 1.50. The molecule has 0 aromatic rings. The molecule has 1 saturated heterocycles. The Morgan fingerprint density at radius 2 is 1.83 bits per heavy atom. The highest BCUT2D eigenvalue weighted by Crippen LogP contribution is 2.33. The average Bonchev–Trinajstić information content (AvgIpc) is 3.22. The first-order valence-corrected chi connectivity index (χ1v) is 8.37. The molecular weight excluding hydrogens is 220 g/mol. The highest BCUT2D eigenvalue weighted by molar-refractivity contribution is 4.93. The largest absolute Gasteiger partial charge is 0.310 e. The topological polar surface area (TPSA) is 15.3 Å². The Kier molecular flexibility index (Phi) is 4.25. The third-order valence-electron chi connectivity index (χ3n) is 5.27. The monoisotopic (exact) mass is 250 g/mol. The lowest BCUT2D eigenvalue weighted by molar-refractivity contribution is 0.140. The first-order chi connectivity index (χ1) is 8.86. The molecule has 2 heteroatoms. The first kappa shape index (κ1) is 12.9. The molecule has 0 radical (unpaired) electrons. The molecule has 0 amide bonds. The molecule has 0 aromatic carbocycles. The molecule has 3 atom stereocenters. The van der Waals surface area contributed by atoms with Gasteiger partial charge in [-0.15, -0.1) is 0 Å². The predicted molar refractivity (Wildman–Crippen MR) is 76.8 cm³/mol. The van der Waals surface area contributed by atoms with Gasteiger partial charge in [-0.25, -0.2) is 0 Å². The summed E-state index contributed by atoms with van der Waals surface area (Å²) in [6, 6.07) is 2.59. The molecule has 1 N–H and O–H groups in total. The molecule has 3 fully saturated rings. The predicted octanol–water partition coefficient (Wildman–Crippen LogP) is 3.17. The molecule has 18 heavy (non-hydrogen) atoms. The van der Waals surface area contributed by atoms with Crippen LogP contribution >= 0.6 is 0 Å². The number of fused-ring (bicyclic) bond motifs is 1. The fraction of sp³-hybridized carbons (Fsp3) is 1.00. The van der Waals surface area contributed by atoms with Gasteiger partial charge in [0.1, 0.15) is 0 Å². The van der Waals surface area contributed by atoms with Gasteiger partial charge < -0.3 is 5.32 Å². The van der Waals surface area contributed by atoms with E-state index in [9.17, 15) is 0 Å². The zero-order valence-corrected chi connectivity index (χ0v) is 12.0. The Morgan fingerprint density at radius 1 is 1.00 bits per heavy atom. The van der Waals surface area contributed by atoms with Gasteiger partial charge in [0.2, 0.25) is 0 Å². The summed E-state index contributed by atoms with van der Waals surface area (Å²) < 4.78 is 0. The minimum atomic E-state index is 0.788. The lowest BCUT2D eigenvalue weighted by atomic mass is 9.77. The smallest absolute Gasteiger partial charge is 0.0197 e. The van der Waals surface area contributed by atoms with E-state index in [2.05, 4.69) is 17.1 Å². The second-order valence-corrected chi connectivity index (χ2v) is 6.82. The van der Waals surface area contributed by atoms with Gasteiger partial charge >= 0.3 is 0 Å². The average molecular weight is 250 g/mol. The summed E-state index contributed by atoms with van der Waals surface area (Å²) in [6.07, 6.45) is 13.0. The fourth-order valence-electron chi connectivity index (χ4n) is 4.15. The van der Waals surface area contributed by atoms with Crippen LogP contribution in [0.3, 0.4) is 0 Å². The van der Waals surface area contributed by atoms with Gasteiger partial charge in [0.25, 0.3) is 0 Å². The number of piperidine rings is 1. The van der Waals surface area contributed by atoms with Crippen molar-refractivity contribution in [3.05, 3.63) is 0 Å². The van der Waals surface area contributed by atoms with E-state index in [1.807, 2.05) is 0 Å². The van der Waals surface area contributed by atoms with Crippen LogP contribution in [0.15, 0.2) is 0 Å². The zero-order chi connectivity index (χ0) is 12.4. The van der Waals surface area contributed by atoms with E-state index in [0.29, 0.717) is 0 Å². The Bertz CT molecular complexity index is 262. The summed E-state index contributed by atoms with van der Waals surface area (Å²) in [5.74, 6) is 1.01. The molecule has 3 rings (SSSR count). The van der Waals surface area contributed by atoms with Gasteiger partial charge in [0.05, 0.1) is 0 Å². The number of rotatable bonds is 5. The maximum absolute atomic E-state index is 3.99. The molecule has 0 spiro atoms. The van der Waals surface area contributed by atoms with Crippen molar-refractivity contribution in [3.8, 4) is 0 Å². The highest BCUT2D eigenvalue weighted by atomic mass is 15.2. The second kappa shape index (κ2) is 5.92. The highest BCUT2D eigenvalue weighted by Gasteiger charge is 2.34. The Morgan fingerprint density at radius 3 is 2.61 bits per heavy atom. The van der Waals surface area contributed by atoms with Crippen LogP contribution in [0.4, 0.5) is 0 Å². The van der Waals surface area contributed by atoms with E-state index < -0.39 is 0 Å². The van der Waals surface area contributed by atoms with E-state index in [4.69, 9.17) is 0 Å². The molecule has 3 unspecified atom stereocenters. The van der Waals surface area contributed by atoms with E-state index in [0.717, 1.165) is 24.0 Å². The van der Waals surface area contributed by atoms with Gasteiger partial charge in [0, 0.05) is 24.7 Å². The zero-order valence-electron chi connectivity index (χ0n) is 12.0. The summed E-state index contributed by atoms with van der Waals surface area (Å²) in [6.45, 7) is 4.96. The van der Waals surface area contributed by atoms with Gasteiger partial charge in [0.15, 0.2) is 0 Å². The van der Waals surface area contributed by atoms with E-state index in [1.165, 1.54) is 70.9 Å². The number of nitrogens with zero attached hydrogens (tertiary/aromatic N) is 1. The van der Waals surface area contributed by atoms with Crippen molar-refractivity contribution in [3.63, 3.8) is 0 Å². The number of nitrogens with one attached hydrogen (secondary N) is 1. The molecule has 0 aromatic heterocycles. The third-order valence-corrected chi connectivity index (χ3v) is 5.27. The molecule has 2 saturated carbocycles. The standard InChI is InChI=1S/C16H30N2/c1-2-11-18(15-9-10-15)12-14-8-7-13-5-3-4-6-16(13)17-14/h13-17H,2-12H2,1H3. The molecular formula is C16H30N2. The fourth-order valence-corrected chi connectivity index (χ4v) is 4.15. The quantitative estimate of drug-likeness (QED) is 0.806. The van der Waals surface area contributed by atoms with Gasteiger partial charge in [-0.05, 0) is 57.4 Å². The van der Waals surface area contributed by atoms with Crippen LogP contribution < -0.4 is 5.32 Å². The van der Waals surface area contributed by atoms with Crippen molar-refractivity contribution in [1.82, 2.24) is 10.2 Å². The summed E-state index contributed by atoms with van der Waals surface area (Å²) in [7, 11) is 0. The van der Waals surface area contributed by atoms with Crippen molar-refractivity contribution in [2.45, 2.75) is 82.8 Å².